The van der Waals surface area contributed by atoms with Crippen LogP contribution in [-0.4, -0.2) is 55.7 Å². The molecule has 0 spiro atoms. The minimum atomic E-state index is -3.44. The maximum Gasteiger partial charge on any atom is 0.213 e. The van der Waals surface area contributed by atoms with Gasteiger partial charge in [-0.25, -0.2) is 26.3 Å². The van der Waals surface area contributed by atoms with E-state index >= 15 is 0 Å². The van der Waals surface area contributed by atoms with Crippen LogP contribution in [0.25, 0.3) is 0 Å². The summed E-state index contributed by atoms with van der Waals surface area (Å²) in [4.78, 5) is 0. The first kappa shape index (κ1) is 14.8. The molecule has 0 bridgehead atoms. The Morgan fingerprint density at radius 1 is 1.07 bits per heavy atom. The summed E-state index contributed by atoms with van der Waals surface area (Å²) in [6.45, 7) is -0.0661. The summed E-state index contributed by atoms with van der Waals surface area (Å²) in [6, 6.07) is 0. The predicted octanol–water partition coefficient (Wildman–Crippen LogP) is -1.90. The molecule has 0 aliphatic carbocycles. The number of nitrogens with one attached hydrogen (secondary N) is 2. The number of sulfonamides is 2. The highest BCUT2D eigenvalue weighted by Gasteiger charge is 2.12. The van der Waals surface area contributed by atoms with Crippen molar-refractivity contribution in [3.8, 4) is 0 Å². The van der Waals surface area contributed by atoms with E-state index in [9.17, 15) is 16.8 Å². The van der Waals surface area contributed by atoms with Crippen LogP contribution in [0.1, 0.15) is 0 Å². The van der Waals surface area contributed by atoms with Crippen LogP contribution in [0.15, 0.2) is 0 Å². The van der Waals surface area contributed by atoms with Gasteiger partial charge in [-0.3, -0.25) is 0 Å². The molecule has 0 atom stereocenters. The Morgan fingerprint density at radius 2 is 1.67 bits per heavy atom. The van der Waals surface area contributed by atoms with Gasteiger partial charge in [0, 0.05) is 13.7 Å². The van der Waals surface area contributed by atoms with E-state index in [1.54, 1.807) is 0 Å². The lowest BCUT2D eigenvalue weighted by molar-refractivity contribution is 0.217. The van der Waals surface area contributed by atoms with E-state index in [4.69, 9.17) is 0 Å². The second-order valence-corrected chi connectivity index (χ2v) is 6.70. The van der Waals surface area contributed by atoms with Crippen LogP contribution in [0.5, 0.6) is 0 Å². The minimum Gasteiger partial charge on any atom is -0.384 e. The van der Waals surface area contributed by atoms with Crippen LogP contribution in [0.3, 0.4) is 0 Å². The Bertz CT molecular complexity index is 361. The maximum atomic E-state index is 11.2. The van der Waals surface area contributed by atoms with Crippen molar-refractivity contribution in [3.05, 3.63) is 0 Å². The second-order valence-electron chi connectivity index (χ2n) is 2.73. The summed E-state index contributed by atoms with van der Waals surface area (Å²) in [5.74, 6) is -0.460. The summed E-state index contributed by atoms with van der Waals surface area (Å²) < 4.78 is 53.0. The highest BCUT2D eigenvalue weighted by molar-refractivity contribution is 7.90. The third-order valence-electron chi connectivity index (χ3n) is 1.56. The van der Waals surface area contributed by atoms with Gasteiger partial charge in [-0.15, -0.1) is 0 Å². The van der Waals surface area contributed by atoms with Crippen molar-refractivity contribution in [1.29, 1.82) is 0 Å². The van der Waals surface area contributed by atoms with Crippen molar-refractivity contribution in [2.75, 3.05) is 38.8 Å². The maximum absolute atomic E-state index is 11.2. The van der Waals surface area contributed by atoms with E-state index in [0.717, 1.165) is 0 Å². The Labute approximate surface area is 90.3 Å². The molecule has 0 aliphatic rings. The van der Waals surface area contributed by atoms with Gasteiger partial charge in [0.2, 0.25) is 20.0 Å². The van der Waals surface area contributed by atoms with E-state index in [1.807, 2.05) is 0 Å². The average molecular weight is 260 g/mol. The van der Waals surface area contributed by atoms with E-state index in [2.05, 4.69) is 14.2 Å². The molecule has 0 heterocycles. The van der Waals surface area contributed by atoms with Crippen molar-refractivity contribution < 1.29 is 21.6 Å². The zero-order chi connectivity index (χ0) is 11.9. The molecule has 0 aromatic heterocycles. The monoisotopic (exact) mass is 260 g/mol. The molecule has 92 valence electrons. The van der Waals surface area contributed by atoms with Gasteiger partial charge in [0.05, 0.1) is 18.1 Å². The molecular formula is C6H16N2O5S2. The van der Waals surface area contributed by atoms with E-state index in [1.165, 1.54) is 14.2 Å². The molecule has 0 radical (unpaired) electrons. The Kier molecular flexibility index (Phi) is 6.29. The molecule has 0 amide bonds. The number of hydrogen-bond acceptors (Lipinski definition) is 5. The first-order valence-corrected chi connectivity index (χ1v) is 7.51. The van der Waals surface area contributed by atoms with Crippen molar-refractivity contribution in [2.45, 2.75) is 0 Å². The summed E-state index contributed by atoms with van der Waals surface area (Å²) in [7, 11) is -4.15. The molecule has 0 saturated heterocycles. The average Bonchev–Trinajstić information content (AvgIpc) is 2.14. The standard InChI is InChI=1S/C6H16N2O5S2/c1-7-14(9,10)5-3-8-15(11,12)6-4-13-2/h7-8H,3-6H2,1-2H3. The number of rotatable bonds is 8. The quantitative estimate of drug-likeness (QED) is 0.531. The van der Waals surface area contributed by atoms with Gasteiger partial charge in [0.15, 0.2) is 0 Å². The largest absolute Gasteiger partial charge is 0.384 e. The van der Waals surface area contributed by atoms with Crippen LogP contribution in [0, 0.1) is 0 Å². The predicted molar refractivity (Wildman–Crippen MR) is 56.5 cm³/mol. The van der Waals surface area contributed by atoms with Crippen LogP contribution >= 0.6 is 0 Å². The van der Waals surface area contributed by atoms with Crippen LogP contribution in [0.4, 0.5) is 0 Å². The van der Waals surface area contributed by atoms with Crippen molar-refractivity contribution in [3.63, 3.8) is 0 Å². The summed E-state index contributed by atoms with van der Waals surface area (Å²) >= 11 is 0. The molecule has 0 saturated carbocycles. The lowest BCUT2D eigenvalue weighted by Crippen LogP contribution is -2.34. The zero-order valence-corrected chi connectivity index (χ0v) is 10.3. The Morgan fingerprint density at radius 3 is 2.13 bits per heavy atom. The van der Waals surface area contributed by atoms with E-state index < -0.39 is 20.0 Å². The van der Waals surface area contributed by atoms with Crippen LogP contribution < -0.4 is 9.44 Å². The summed E-state index contributed by atoms with van der Waals surface area (Å²) in [5, 5.41) is 0. The van der Waals surface area contributed by atoms with Gasteiger partial charge < -0.3 is 4.74 Å². The highest BCUT2D eigenvalue weighted by Crippen LogP contribution is 1.86. The lowest BCUT2D eigenvalue weighted by Gasteiger charge is -2.06. The highest BCUT2D eigenvalue weighted by atomic mass is 32.2. The van der Waals surface area contributed by atoms with Gasteiger partial charge in [-0.1, -0.05) is 0 Å². The number of hydrogen-bond donors (Lipinski definition) is 2. The molecule has 2 N–H and O–H groups in total. The smallest absolute Gasteiger partial charge is 0.213 e. The fraction of sp³-hybridized carbons (Fsp3) is 1.00. The molecule has 0 unspecified atom stereocenters. The number of ether oxygens (including phenoxy) is 1. The topological polar surface area (TPSA) is 102 Å². The fourth-order valence-electron chi connectivity index (χ4n) is 0.699. The Hall–Kier alpha value is -0.220. The molecule has 0 aliphatic heterocycles. The zero-order valence-electron chi connectivity index (χ0n) is 8.69. The normalized spacial score (nSPS) is 12.9. The van der Waals surface area contributed by atoms with Crippen LogP contribution in [-0.2, 0) is 24.8 Å². The first-order chi connectivity index (χ1) is 6.83. The Balaban J connectivity index is 3.96. The van der Waals surface area contributed by atoms with Gasteiger partial charge in [-0.2, -0.15) is 0 Å². The molecular weight excluding hydrogens is 244 g/mol. The summed E-state index contributed by atoms with van der Waals surface area (Å²) in [6.07, 6.45) is 0. The van der Waals surface area contributed by atoms with Gasteiger partial charge >= 0.3 is 0 Å². The van der Waals surface area contributed by atoms with E-state index in [0.29, 0.717) is 0 Å². The van der Waals surface area contributed by atoms with Gasteiger partial charge in [0.1, 0.15) is 0 Å². The molecule has 0 rings (SSSR count). The van der Waals surface area contributed by atoms with Crippen molar-refractivity contribution >= 4 is 20.0 Å². The first-order valence-electron chi connectivity index (χ1n) is 4.20. The van der Waals surface area contributed by atoms with Gasteiger partial charge in [-0.05, 0) is 7.05 Å². The molecule has 0 aromatic carbocycles. The minimum absolute atomic E-state index is 0.0775. The third-order valence-corrected chi connectivity index (χ3v) is 4.27. The SMILES string of the molecule is CNS(=O)(=O)CCNS(=O)(=O)CCOC. The molecule has 9 heteroatoms. The number of methoxy groups -OCH3 is 1. The fourth-order valence-corrected chi connectivity index (χ4v) is 2.35. The van der Waals surface area contributed by atoms with Gasteiger partial charge in [0.25, 0.3) is 0 Å². The summed E-state index contributed by atoms with van der Waals surface area (Å²) in [5.41, 5.74) is 0. The van der Waals surface area contributed by atoms with Crippen LogP contribution in [0.2, 0.25) is 0 Å². The lowest BCUT2D eigenvalue weighted by atomic mass is 10.8. The third kappa shape index (κ3) is 7.68. The molecule has 15 heavy (non-hydrogen) atoms. The molecule has 0 aromatic rings. The molecule has 0 fully saturated rings. The van der Waals surface area contributed by atoms with Crippen molar-refractivity contribution in [1.82, 2.24) is 9.44 Å². The van der Waals surface area contributed by atoms with E-state index in [-0.39, 0.29) is 24.7 Å². The van der Waals surface area contributed by atoms with Crippen molar-refractivity contribution in [2.24, 2.45) is 0 Å². The second kappa shape index (κ2) is 6.38. The molecule has 7 nitrogen and oxygen atoms in total.